The molecule has 2 rings (SSSR count). The summed E-state index contributed by atoms with van der Waals surface area (Å²) in [4.78, 5) is 4.50. The summed E-state index contributed by atoms with van der Waals surface area (Å²) in [6.45, 7) is 4.04. The van der Waals surface area contributed by atoms with Gasteiger partial charge in [-0.05, 0) is 25.6 Å². The lowest BCUT2D eigenvalue weighted by atomic mass is 10.3. The van der Waals surface area contributed by atoms with Crippen molar-refractivity contribution in [2.75, 3.05) is 13.7 Å². The van der Waals surface area contributed by atoms with Crippen molar-refractivity contribution in [3.63, 3.8) is 0 Å². The molecule has 0 amide bonds. The smallest absolute Gasteiger partial charge is 0.161 e. The van der Waals surface area contributed by atoms with Crippen molar-refractivity contribution in [3.8, 4) is 11.5 Å². The Morgan fingerprint density at radius 3 is 2.65 bits per heavy atom. The maximum atomic E-state index is 5.81. The summed E-state index contributed by atoms with van der Waals surface area (Å²) >= 11 is 1.64. The third-order valence-electron chi connectivity index (χ3n) is 2.61. The molecule has 4 nitrogen and oxygen atoms in total. The summed E-state index contributed by atoms with van der Waals surface area (Å²) in [6, 6.07) is 7.75. The summed E-state index contributed by atoms with van der Waals surface area (Å²) in [5.41, 5.74) is 0.950. The van der Waals surface area contributed by atoms with Gasteiger partial charge in [0.2, 0.25) is 0 Å². The molecular formula is C15H20N2O2S. The van der Waals surface area contributed by atoms with Gasteiger partial charge in [0.1, 0.15) is 11.6 Å². The van der Waals surface area contributed by atoms with Crippen LogP contribution in [0.25, 0.3) is 0 Å². The molecule has 0 aliphatic rings. The highest BCUT2D eigenvalue weighted by atomic mass is 32.1. The Morgan fingerprint density at radius 2 is 1.95 bits per heavy atom. The van der Waals surface area contributed by atoms with Gasteiger partial charge >= 0.3 is 0 Å². The van der Waals surface area contributed by atoms with Crippen LogP contribution >= 0.6 is 11.3 Å². The molecule has 1 aromatic heterocycles. The molecule has 0 fully saturated rings. The lowest BCUT2D eigenvalue weighted by Gasteiger charge is -2.11. The number of aromatic nitrogens is 1. The average Bonchev–Trinajstić information content (AvgIpc) is 2.92. The minimum atomic E-state index is 0.465. The van der Waals surface area contributed by atoms with Crippen LogP contribution in [0.15, 0.2) is 29.6 Å². The molecular weight excluding hydrogens is 272 g/mol. The van der Waals surface area contributed by atoms with E-state index in [0.29, 0.717) is 13.2 Å². The molecule has 5 heteroatoms. The van der Waals surface area contributed by atoms with Crippen molar-refractivity contribution >= 4 is 11.3 Å². The Hall–Kier alpha value is -1.59. The molecule has 20 heavy (non-hydrogen) atoms. The van der Waals surface area contributed by atoms with Crippen LogP contribution in [0.4, 0.5) is 0 Å². The van der Waals surface area contributed by atoms with Crippen LogP contribution in [0.5, 0.6) is 11.5 Å². The van der Waals surface area contributed by atoms with E-state index in [2.05, 4.69) is 17.2 Å². The molecule has 108 valence electrons. The van der Waals surface area contributed by atoms with Gasteiger partial charge in [0, 0.05) is 11.9 Å². The Balaban J connectivity index is 1.95. The molecule has 0 aliphatic carbocycles. The van der Waals surface area contributed by atoms with E-state index in [4.69, 9.17) is 9.47 Å². The summed E-state index contributed by atoms with van der Waals surface area (Å²) in [5.74, 6) is 1.56. The van der Waals surface area contributed by atoms with Crippen molar-refractivity contribution in [1.82, 2.24) is 10.3 Å². The molecule has 0 bridgehead atoms. The molecule has 0 saturated carbocycles. The van der Waals surface area contributed by atoms with Crippen LogP contribution in [0.3, 0.4) is 0 Å². The number of para-hydroxylation sites is 2. The van der Waals surface area contributed by atoms with Gasteiger partial charge in [-0.15, -0.1) is 11.3 Å². The van der Waals surface area contributed by atoms with Gasteiger partial charge < -0.3 is 14.8 Å². The van der Waals surface area contributed by atoms with E-state index in [0.717, 1.165) is 35.2 Å². The molecule has 0 spiro atoms. The number of nitrogens with one attached hydrogen (secondary N) is 1. The zero-order valence-electron chi connectivity index (χ0n) is 11.9. The topological polar surface area (TPSA) is 43.4 Å². The largest absolute Gasteiger partial charge is 0.490 e. The van der Waals surface area contributed by atoms with E-state index >= 15 is 0 Å². The first-order valence-electron chi connectivity index (χ1n) is 6.76. The minimum absolute atomic E-state index is 0.465. The zero-order chi connectivity index (χ0) is 14.2. The Labute approximate surface area is 123 Å². The van der Waals surface area contributed by atoms with Gasteiger partial charge in [-0.25, -0.2) is 4.98 Å². The zero-order valence-corrected chi connectivity index (χ0v) is 12.7. The SMILES string of the molecule is CCCOc1ccccc1OCc1csc(CNC)n1. The molecule has 1 N–H and O–H groups in total. The van der Waals surface area contributed by atoms with E-state index in [9.17, 15) is 0 Å². The van der Waals surface area contributed by atoms with E-state index in [1.807, 2.05) is 36.7 Å². The standard InChI is InChI=1S/C15H20N2O2S/c1-3-8-18-13-6-4-5-7-14(13)19-10-12-11-20-15(17-12)9-16-2/h4-7,11,16H,3,8-10H2,1-2H3. The predicted molar refractivity (Wildman–Crippen MR) is 81.4 cm³/mol. The van der Waals surface area contributed by atoms with E-state index < -0.39 is 0 Å². The maximum Gasteiger partial charge on any atom is 0.161 e. The van der Waals surface area contributed by atoms with Crippen LogP contribution in [0.2, 0.25) is 0 Å². The average molecular weight is 292 g/mol. The second-order valence-electron chi connectivity index (χ2n) is 4.35. The number of nitrogens with zero attached hydrogens (tertiary/aromatic N) is 1. The van der Waals surface area contributed by atoms with Crippen LogP contribution in [0, 0.1) is 0 Å². The number of benzene rings is 1. The van der Waals surface area contributed by atoms with Gasteiger partial charge in [0.05, 0.1) is 12.3 Å². The first-order valence-corrected chi connectivity index (χ1v) is 7.64. The highest BCUT2D eigenvalue weighted by Gasteiger charge is 2.06. The molecule has 0 radical (unpaired) electrons. The maximum absolute atomic E-state index is 5.81. The van der Waals surface area contributed by atoms with Crippen molar-refractivity contribution in [2.45, 2.75) is 26.5 Å². The Kier molecular flexibility index (Phi) is 5.83. The van der Waals surface area contributed by atoms with Crippen LogP contribution in [0.1, 0.15) is 24.0 Å². The van der Waals surface area contributed by atoms with Crippen molar-refractivity contribution in [1.29, 1.82) is 0 Å². The van der Waals surface area contributed by atoms with Crippen LogP contribution in [-0.2, 0) is 13.2 Å². The molecule has 1 aromatic carbocycles. The predicted octanol–water partition coefficient (Wildman–Crippen LogP) is 3.23. The Morgan fingerprint density at radius 1 is 1.20 bits per heavy atom. The third kappa shape index (κ3) is 4.21. The molecule has 0 atom stereocenters. The van der Waals surface area contributed by atoms with Gasteiger partial charge in [-0.2, -0.15) is 0 Å². The van der Waals surface area contributed by atoms with Gasteiger partial charge in [-0.1, -0.05) is 19.1 Å². The fourth-order valence-electron chi connectivity index (χ4n) is 1.70. The fraction of sp³-hybridized carbons (Fsp3) is 0.400. The molecule has 0 saturated heterocycles. The van der Waals surface area contributed by atoms with Gasteiger partial charge in [0.15, 0.2) is 11.5 Å². The summed E-state index contributed by atoms with van der Waals surface area (Å²) in [5, 5.41) is 6.19. The van der Waals surface area contributed by atoms with Crippen molar-refractivity contribution < 1.29 is 9.47 Å². The second-order valence-corrected chi connectivity index (χ2v) is 5.29. The fourth-order valence-corrected chi connectivity index (χ4v) is 2.49. The molecule has 0 unspecified atom stereocenters. The van der Waals surface area contributed by atoms with Crippen molar-refractivity contribution in [2.24, 2.45) is 0 Å². The van der Waals surface area contributed by atoms with Gasteiger partial charge in [0.25, 0.3) is 0 Å². The number of hydrogen-bond acceptors (Lipinski definition) is 5. The normalized spacial score (nSPS) is 10.5. The van der Waals surface area contributed by atoms with Crippen molar-refractivity contribution in [3.05, 3.63) is 40.3 Å². The van der Waals surface area contributed by atoms with E-state index in [1.54, 1.807) is 11.3 Å². The van der Waals surface area contributed by atoms with E-state index in [-0.39, 0.29) is 0 Å². The molecule has 2 aromatic rings. The van der Waals surface area contributed by atoms with E-state index in [1.165, 1.54) is 0 Å². The quantitative estimate of drug-likeness (QED) is 0.811. The summed E-state index contributed by atoms with van der Waals surface area (Å²) in [7, 11) is 1.92. The summed E-state index contributed by atoms with van der Waals surface area (Å²) < 4.78 is 11.5. The lowest BCUT2D eigenvalue weighted by molar-refractivity contribution is 0.260. The molecule has 1 heterocycles. The number of thiazole rings is 1. The Bertz CT molecular complexity index is 528. The second kappa shape index (κ2) is 7.87. The van der Waals surface area contributed by atoms with Crippen LogP contribution in [-0.4, -0.2) is 18.6 Å². The monoisotopic (exact) mass is 292 g/mol. The highest BCUT2D eigenvalue weighted by molar-refractivity contribution is 7.09. The molecule has 0 aliphatic heterocycles. The highest BCUT2D eigenvalue weighted by Crippen LogP contribution is 2.27. The first-order chi connectivity index (χ1) is 9.83. The minimum Gasteiger partial charge on any atom is -0.490 e. The third-order valence-corrected chi connectivity index (χ3v) is 3.51. The summed E-state index contributed by atoms with van der Waals surface area (Å²) in [6.07, 6.45) is 0.980. The van der Waals surface area contributed by atoms with Crippen LogP contribution < -0.4 is 14.8 Å². The van der Waals surface area contributed by atoms with Gasteiger partial charge in [-0.3, -0.25) is 0 Å². The number of ether oxygens (including phenoxy) is 2. The number of hydrogen-bond donors (Lipinski definition) is 1. The number of rotatable bonds is 8. The lowest BCUT2D eigenvalue weighted by Crippen LogP contribution is -2.05. The first kappa shape index (κ1) is 14.8.